The second-order valence-electron chi connectivity index (χ2n) is 5.44. The first-order valence-corrected chi connectivity index (χ1v) is 7.78. The molecule has 0 aliphatic heterocycles. The van der Waals surface area contributed by atoms with Crippen LogP contribution in [0.4, 0.5) is 5.69 Å². The minimum Gasteiger partial charge on any atom is -0.496 e. The van der Waals surface area contributed by atoms with Gasteiger partial charge in [0.1, 0.15) is 5.75 Å². The topological polar surface area (TPSA) is 91.0 Å². The van der Waals surface area contributed by atoms with E-state index in [0.717, 1.165) is 28.3 Å². The lowest BCUT2D eigenvalue weighted by Gasteiger charge is -2.12. The number of rotatable bonds is 6. The van der Waals surface area contributed by atoms with Crippen LogP contribution in [0.1, 0.15) is 16.8 Å². The molecule has 0 spiro atoms. The number of anilines is 1. The molecule has 0 saturated carbocycles. The molecule has 0 radical (unpaired) electrons. The van der Waals surface area contributed by atoms with E-state index in [0.29, 0.717) is 18.0 Å². The average molecular weight is 472 g/mol. The number of ether oxygens (including phenoxy) is 3. The molecule has 2 aromatic rings. The van der Waals surface area contributed by atoms with Gasteiger partial charge in [-0.1, -0.05) is 0 Å². The average Bonchev–Trinajstić information content (AvgIpc) is 2.61. The molecule has 0 amide bonds. The van der Waals surface area contributed by atoms with Crippen LogP contribution >= 0.6 is 24.0 Å². The minimum absolute atomic E-state index is 0. The molecule has 0 aliphatic rings. The summed E-state index contributed by atoms with van der Waals surface area (Å²) < 4.78 is 15.9. The number of hydrogen-bond acceptors (Lipinski definition) is 5. The van der Waals surface area contributed by atoms with E-state index >= 15 is 0 Å². The van der Waals surface area contributed by atoms with Crippen molar-refractivity contribution in [1.82, 2.24) is 4.98 Å². The van der Waals surface area contributed by atoms with Crippen molar-refractivity contribution in [2.45, 2.75) is 20.4 Å². The summed E-state index contributed by atoms with van der Waals surface area (Å²) in [5.41, 5.74) is 9.50. The van der Waals surface area contributed by atoms with Crippen molar-refractivity contribution in [3.63, 3.8) is 0 Å². The highest BCUT2D eigenvalue weighted by Crippen LogP contribution is 2.29. The number of pyridine rings is 1. The van der Waals surface area contributed by atoms with Crippen LogP contribution < -0.4 is 25.3 Å². The predicted molar refractivity (Wildman–Crippen MR) is 114 cm³/mol. The maximum atomic E-state index is 5.97. The second kappa shape index (κ2) is 10.0. The van der Waals surface area contributed by atoms with E-state index in [-0.39, 0.29) is 29.9 Å². The van der Waals surface area contributed by atoms with Crippen LogP contribution in [0, 0.1) is 13.8 Å². The number of methoxy groups -OCH3 is 3. The van der Waals surface area contributed by atoms with Crippen LogP contribution in [0.2, 0.25) is 0 Å². The van der Waals surface area contributed by atoms with E-state index in [1.54, 1.807) is 39.7 Å². The van der Waals surface area contributed by atoms with E-state index in [1.165, 1.54) is 0 Å². The zero-order valence-electron chi connectivity index (χ0n) is 15.6. The predicted octanol–water partition coefficient (Wildman–Crippen LogP) is 3.27. The molecule has 26 heavy (non-hydrogen) atoms. The van der Waals surface area contributed by atoms with Crippen LogP contribution in [0.3, 0.4) is 0 Å². The van der Waals surface area contributed by atoms with E-state index in [2.05, 4.69) is 15.3 Å². The molecule has 2 rings (SSSR count). The first-order valence-electron chi connectivity index (χ1n) is 7.78. The van der Waals surface area contributed by atoms with Gasteiger partial charge in [-0.15, -0.1) is 24.0 Å². The van der Waals surface area contributed by atoms with Crippen molar-refractivity contribution in [2.24, 2.45) is 10.7 Å². The van der Waals surface area contributed by atoms with Gasteiger partial charge in [-0.05, 0) is 26.0 Å². The first-order chi connectivity index (χ1) is 12.0. The second-order valence-corrected chi connectivity index (χ2v) is 5.44. The van der Waals surface area contributed by atoms with E-state index in [4.69, 9.17) is 19.9 Å². The standard InChI is InChI=1S/C18H24N4O3.HI/c1-11-9-20-14(12(2)17(11)25-5)10-21-18(19)22-13-6-7-15(23-3)16(8-13)24-4;/h6-9H,10H2,1-5H3,(H3,19,21,22);1H. The lowest BCUT2D eigenvalue weighted by Crippen LogP contribution is -2.22. The summed E-state index contributed by atoms with van der Waals surface area (Å²) in [7, 11) is 4.82. The molecule has 1 aromatic heterocycles. The third-order valence-corrected chi connectivity index (χ3v) is 3.80. The summed E-state index contributed by atoms with van der Waals surface area (Å²) in [5, 5.41) is 3.03. The number of aromatic nitrogens is 1. The van der Waals surface area contributed by atoms with Crippen LogP contribution in [-0.2, 0) is 6.54 Å². The quantitative estimate of drug-likeness (QED) is 0.381. The molecular formula is C18H25IN4O3. The summed E-state index contributed by atoms with van der Waals surface area (Å²) in [4.78, 5) is 8.76. The van der Waals surface area contributed by atoms with Gasteiger partial charge in [-0.3, -0.25) is 4.98 Å². The molecule has 0 unspecified atom stereocenters. The van der Waals surface area contributed by atoms with Gasteiger partial charge < -0.3 is 25.3 Å². The van der Waals surface area contributed by atoms with Gasteiger partial charge in [0.05, 0.1) is 33.6 Å². The van der Waals surface area contributed by atoms with Crippen molar-refractivity contribution >= 4 is 35.6 Å². The lowest BCUT2D eigenvalue weighted by molar-refractivity contribution is 0.355. The zero-order chi connectivity index (χ0) is 18.4. The Morgan fingerprint density at radius 2 is 1.81 bits per heavy atom. The number of benzene rings is 1. The third kappa shape index (κ3) is 5.13. The summed E-state index contributed by atoms with van der Waals surface area (Å²) in [5.74, 6) is 2.37. The summed E-state index contributed by atoms with van der Waals surface area (Å²) >= 11 is 0. The van der Waals surface area contributed by atoms with Crippen LogP contribution in [-0.4, -0.2) is 32.3 Å². The normalized spacial score (nSPS) is 10.7. The van der Waals surface area contributed by atoms with Crippen molar-refractivity contribution in [3.05, 3.63) is 41.2 Å². The third-order valence-electron chi connectivity index (χ3n) is 3.80. The number of nitrogens with zero attached hydrogens (tertiary/aromatic N) is 2. The number of halogens is 1. The summed E-state index contributed by atoms with van der Waals surface area (Å²) in [6, 6.07) is 5.42. The number of guanidine groups is 1. The summed E-state index contributed by atoms with van der Waals surface area (Å²) in [6.45, 7) is 4.27. The molecule has 0 aliphatic carbocycles. The molecule has 1 heterocycles. The van der Waals surface area contributed by atoms with Gasteiger partial charge in [-0.2, -0.15) is 0 Å². The van der Waals surface area contributed by atoms with Crippen LogP contribution in [0.15, 0.2) is 29.4 Å². The number of nitrogens with two attached hydrogens (primary N) is 1. The lowest BCUT2D eigenvalue weighted by atomic mass is 10.1. The number of aryl methyl sites for hydroxylation is 1. The monoisotopic (exact) mass is 472 g/mol. The molecule has 0 fully saturated rings. The highest BCUT2D eigenvalue weighted by Gasteiger charge is 2.09. The molecule has 142 valence electrons. The number of nitrogens with one attached hydrogen (secondary N) is 1. The maximum absolute atomic E-state index is 5.97. The Morgan fingerprint density at radius 1 is 1.12 bits per heavy atom. The molecule has 0 saturated heterocycles. The maximum Gasteiger partial charge on any atom is 0.193 e. The number of aliphatic imine (C=N–C) groups is 1. The van der Waals surface area contributed by atoms with Gasteiger partial charge in [0.25, 0.3) is 0 Å². The van der Waals surface area contributed by atoms with Gasteiger partial charge in [0.2, 0.25) is 0 Å². The molecular weight excluding hydrogens is 447 g/mol. The molecule has 0 atom stereocenters. The Labute approximate surface area is 171 Å². The van der Waals surface area contributed by atoms with Crippen molar-refractivity contribution in [3.8, 4) is 17.2 Å². The highest BCUT2D eigenvalue weighted by atomic mass is 127. The fourth-order valence-electron chi connectivity index (χ4n) is 2.49. The Hall–Kier alpha value is -2.23. The SMILES string of the molecule is COc1ccc(NC(N)=NCc2ncc(C)c(OC)c2C)cc1OC.I. The molecule has 3 N–H and O–H groups in total. The minimum atomic E-state index is 0. The van der Waals surface area contributed by atoms with Crippen LogP contribution in [0.5, 0.6) is 17.2 Å². The van der Waals surface area contributed by atoms with Crippen LogP contribution in [0.25, 0.3) is 0 Å². The Bertz CT molecular complexity index is 781. The van der Waals surface area contributed by atoms with Gasteiger partial charge >= 0.3 is 0 Å². The fourth-order valence-corrected chi connectivity index (χ4v) is 2.49. The summed E-state index contributed by atoms with van der Waals surface area (Å²) in [6.07, 6.45) is 1.77. The Morgan fingerprint density at radius 3 is 2.42 bits per heavy atom. The molecule has 1 aromatic carbocycles. The first kappa shape index (κ1) is 21.8. The fraction of sp³-hybridized carbons (Fsp3) is 0.333. The molecule has 0 bridgehead atoms. The smallest absolute Gasteiger partial charge is 0.193 e. The Kier molecular flexibility index (Phi) is 8.43. The van der Waals surface area contributed by atoms with E-state index < -0.39 is 0 Å². The highest BCUT2D eigenvalue weighted by molar-refractivity contribution is 14.0. The van der Waals surface area contributed by atoms with Crippen molar-refractivity contribution < 1.29 is 14.2 Å². The van der Waals surface area contributed by atoms with Gasteiger partial charge in [0.15, 0.2) is 17.5 Å². The van der Waals surface area contributed by atoms with Gasteiger partial charge in [0, 0.05) is 29.1 Å². The Balaban J connectivity index is 0.00000338. The zero-order valence-corrected chi connectivity index (χ0v) is 18.0. The molecule has 7 nitrogen and oxygen atoms in total. The van der Waals surface area contributed by atoms with Crippen molar-refractivity contribution in [1.29, 1.82) is 0 Å². The van der Waals surface area contributed by atoms with Crippen molar-refractivity contribution in [2.75, 3.05) is 26.6 Å². The van der Waals surface area contributed by atoms with E-state index in [1.807, 2.05) is 19.9 Å². The van der Waals surface area contributed by atoms with Gasteiger partial charge in [-0.25, -0.2) is 4.99 Å². The largest absolute Gasteiger partial charge is 0.496 e. The molecule has 8 heteroatoms. The number of hydrogen-bond donors (Lipinski definition) is 2. The van der Waals surface area contributed by atoms with E-state index in [9.17, 15) is 0 Å².